The number of hydrogen-bond donors (Lipinski definition) is 0. The van der Waals surface area contributed by atoms with Crippen LogP contribution in [0.15, 0.2) is 24.5 Å². The van der Waals surface area contributed by atoms with Gasteiger partial charge in [-0.15, -0.1) is 0 Å². The van der Waals surface area contributed by atoms with E-state index < -0.39 is 0 Å². The Hall–Kier alpha value is -0.850. The maximum absolute atomic E-state index is 4.06. The number of rotatable bonds is 1. The summed E-state index contributed by atoms with van der Waals surface area (Å²) >= 11 is 0. The first-order valence-electron chi connectivity index (χ1n) is 6.37. The van der Waals surface area contributed by atoms with Crippen LogP contribution >= 0.6 is 0 Å². The predicted molar refractivity (Wildman–Crippen MR) is 66.0 cm³/mol. The topological polar surface area (TPSA) is 12.9 Å². The molecule has 1 fully saturated rings. The van der Waals surface area contributed by atoms with E-state index in [1.807, 2.05) is 26.2 Å². The van der Waals surface area contributed by atoms with Gasteiger partial charge >= 0.3 is 0 Å². The van der Waals surface area contributed by atoms with Crippen LogP contribution in [0.5, 0.6) is 0 Å². The summed E-state index contributed by atoms with van der Waals surface area (Å²) in [7, 11) is 0. The van der Waals surface area contributed by atoms with Gasteiger partial charge in [0.1, 0.15) is 0 Å². The molecule has 1 aliphatic carbocycles. The molecular weight excluding hydrogens is 182 g/mol. The normalized spacial score (nSPS) is 17.5. The third-order valence-electron chi connectivity index (χ3n) is 3.03. The monoisotopic (exact) mass is 205 g/mol. The van der Waals surface area contributed by atoms with Gasteiger partial charge in [0.25, 0.3) is 0 Å². The smallest absolute Gasteiger partial charge is 0.0270 e. The first kappa shape index (κ1) is 12.2. The maximum atomic E-state index is 4.06. The van der Waals surface area contributed by atoms with E-state index in [0.29, 0.717) is 0 Å². The molecule has 0 atom stereocenters. The number of nitrogens with zero attached hydrogens (tertiary/aromatic N) is 1. The van der Waals surface area contributed by atoms with Crippen LogP contribution in [0.25, 0.3) is 0 Å². The Morgan fingerprint density at radius 2 is 1.47 bits per heavy atom. The minimum absolute atomic E-state index is 0.811. The van der Waals surface area contributed by atoms with Crippen LogP contribution in [0, 0.1) is 0 Å². The highest BCUT2D eigenvalue weighted by Gasteiger charge is 2.13. The summed E-state index contributed by atoms with van der Waals surface area (Å²) in [6.45, 7) is 4.00. The Morgan fingerprint density at radius 1 is 0.933 bits per heavy atom. The van der Waals surface area contributed by atoms with Crippen LogP contribution in [0.4, 0.5) is 0 Å². The molecule has 15 heavy (non-hydrogen) atoms. The van der Waals surface area contributed by atoms with Crippen molar-refractivity contribution in [1.82, 2.24) is 4.98 Å². The summed E-state index contributed by atoms with van der Waals surface area (Å²) in [6.07, 6.45) is 12.3. The quantitative estimate of drug-likeness (QED) is 0.613. The lowest BCUT2D eigenvalue weighted by atomic mass is 9.93. The molecule has 1 aliphatic rings. The maximum Gasteiger partial charge on any atom is 0.0270 e. The Morgan fingerprint density at radius 3 is 2.00 bits per heavy atom. The zero-order chi connectivity index (χ0) is 10.9. The molecule has 84 valence electrons. The summed E-state index contributed by atoms with van der Waals surface area (Å²) in [5, 5.41) is 0. The molecule has 1 heterocycles. The highest BCUT2D eigenvalue weighted by atomic mass is 14.6. The summed E-state index contributed by atoms with van der Waals surface area (Å²) in [5.74, 6) is 0.811. The van der Waals surface area contributed by atoms with Crippen LogP contribution in [0.1, 0.15) is 63.9 Å². The van der Waals surface area contributed by atoms with E-state index in [4.69, 9.17) is 0 Å². The lowest BCUT2D eigenvalue weighted by Gasteiger charge is -2.13. The molecule has 2 rings (SSSR count). The Kier molecular flexibility index (Phi) is 6.06. The first-order chi connectivity index (χ1) is 7.47. The molecule has 0 aliphatic heterocycles. The van der Waals surface area contributed by atoms with Gasteiger partial charge in [0.2, 0.25) is 0 Å². The Bertz CT molecular complexity index is 235. The van der Waals surface area contributed by atoms with E-state index in [0.717, 1.165) is 5.92 Å². The highest BCUT2D eigenvalue weighted by molar-refractivity contribution is 5.15. The molecule has 1 saturated carbocycles. The van der Waals surface area contributed by atoms with E-state index in [-0.39, 0.29) is 0 Å². The van der Waals surface area contributed by atoms with Gasteiger partial charge in [0.15, 0.2) is 0 Å². The molecule has 0 aromatic carbocycles. The summed E-state index contributed by atoms with van der Waals surface area (Å²) in [5.41, 5.74) is 1.50. The first-order valence-corrected chi connectivity index (χ1v) is 6.37. The molecule has 0 N–H and O–H groups in total. The van der Waals surface area contributed by atoms with Crippen LogP contribution in [-0.2, 0) is 0 Å². The number of hydrogen-bond acceptors (Lipinski definition) is 1. The second-order valence-electron chi connectivity index (χ2n) is 3.97. The SMILES string of the molecule is CC.c1cc(C2CCCCCC2)ccn1. The fourth-order valence-electron chi connectivity index (χ4n) is 2.25. The van der Waals surface area contributed by atoms with Crippen molar-refractivity contribution in [3.63, 3.8) is 0 Å². The zero-order valence-corrected chi connectivity index (χ0v) is 10.1. The van der Waals surface area contributed by atoms with E-state index in [9.17, 15) is 0 Å². The molecule has 0 bridgehead atoms. The minimum Gasteiger partial charge on any atom is -0.265 e. The molecular formula is C14H23N. The van der Waals surface area contributed by atoms with E-state index >= 15 is 0 Å². The van der Waals surface area contributed by atoms with Gasteiger partial charge in [-0.3, -0.25) is 4.98 Å². The van der Waals surface area contributed by atoms with E-state index in [1.54, 1.807) is 0 Å². The fourth-order valence-corrected chi connectivity index (χ4v) is 2.25. The lowest BCUT2D eigenvalue weighted by molar-refractivity contribution is 0.592. The van der Waals surface area contributed by atoms with Crippen LogP contribution in [0.3, 0.4) is 0 Å². The van der Waals surface area contributed by atoms with Gasteiger partial charge in [-0.1, -0.05) is 39.5 Å². The largest absolute Gasteiger partial charge is 0.265 e. The summed E-state index contributed by atoms with van der Waals surface area (Å²) in [6, 6.07) is 4.35. The van der Waals surface area contributed by atoms with Gasteiger partial charge in [0.05, 0.1) is 0 Å². The van der Waals surface area contributed by atoms with Crippen molar-refractivity contribution in [2.75, 3.05) is 0 Å². The van der Waals surface area contributed by atoms with Crippen molar-refractivity contribution < 1.29 is 0 Å². The van der Waals surface area contributed by atoms with Crippen molar-refractivity contribution in [3.05, 3.63) is 30.1 Å². The fraction of sp³-hybridized carbons (Fsp3) is 0.643. The van der Waals surface area contributed by atoms with Crippen molar-refractivity contribution >= 4 is 0 Å². The van der Waals surface area contributed by atoms with Crippen molar-refractivity contribution in [1.29, 1.82) is 0 Å². The molecule has 1 aromatic heterocycles. The van der Waals surface area contributed by atoms with Crippen molar-refractivity contribution in [2.24, 2.45) is 0 Å². The molecule has 1 heteroatoms. The van der Waals surface area contributed by atoms with Gasteiger partial charge in [-0.2, -0.15) is 0 Å². The minimum atomic E-state index is 0.811. The number of pyridine rings is 1. The van der Waals surface area contributed by atoms with E-state index in [1.165, 1.54) is 44.1 Å². The average Bonchev–Trinajstić information content (AvgIpc) is 2.61. The standard InChI is InChI=1S/C12H17N.C2H6/c1-2-4-6-11(5-3-1)12-7-9-13-10-8-12;1-2/h7-11H,1-6H2;1-2H3. The van der Waals surface area contributed by atoms with Crippen molar-refractivity contribution in [2.45, 2.75) is 58.3 Å². The molecule has 0 amide bonds. The van der Waals surface area contributed by atoms with E-state index in [2.05, 4.69) is 17.1 Å². The number of aromatic nitrogens is 1. The predicted octanol–water partition coefficient (Wildman–Crippen LogP) is 4.55. The van der Waals surface area contributed by atoms with Crippen molar-refractivity contribution in [3.8, 4) is 0 Å². The highest BCUT2D eigenvalue weighted by Crippen LogP contribution is 2.30. The van der Waals surface area contributed by atoms with Gasteiger partial charge in [-0.25, -0.2) is 0 Å². The van der Waals surface area contributed by atoms with Gasteiger partial charge in [-0.05, 0) is 36.5 Å². The second-order valence-corrected chi connectivity index (χ2v) is 3.97. The lowest BCUT2D eigenvalue weighted by Crippen LogP contribution is -1.96. The summed E-state index contributed by atoms with van der Waals surface area (Å²) in [4.78, 5) is 4.06. The molecule has 0 unspecified atom stereocenters. The Balaban J connectivity index is 0.000000531. The van der Waals surface area contributed by atoms with Gasteiger partial charge in [0, 0.05) is 12.4 Å². The van der Waals surface area contributed by atoms with Crippen LogP contribution < -0.4 is 0 Å². The summed E-state index contributed by atoms with van der Waals surface area (Å²) < 4.78 is 0. The second kappa shape index (κ2) is 7.44. The van der Waals surface area contributed by atoms with Crippen LogP contribution in [0.2, 0.25) is 0 Å². The molecule has 0 radical (unpaired) electrons. The third-order valence-corrected chi connectivity index (χ3v) is 3.03. The van der Waals surface area contributed by atoms with Crippen LogP contribution in [-0.4, -0.2) is 4.98 Å². The molecule has 1 aromatic rings. The third kappa shape index (κ3) is 4.03. The zero-order valence-electron chi connectivity index (χ0n) is 10.1. The van der Waals surface area contributed by atoms with Gasteiger partial charge < -0.3 is 0 Å². The average molecular weight is 205 g/mol. The molecule has 0 spiro atoms. The molecule has 1 nitrogen and oxygen atoms in total. The molecule has 0 saturated heterocycles. The Labute approximate surface area is 93.9 Å².